The molecule has 0 amide bonds. The number of nitrogens with two attached hydrogens (primary N) is 1. The first-order valence-corrected chi connectivity index (χ1v) is 5.79. The number of carbonyl (C=O) groups excluding carboxylic acids is 1. The minimum absolute atomic E-state index is 0.0666. The Morgan fingerprint density at radius 2 is 2.19 bits per heavy atom. The number of nitrogens with one attached hydrogen (secondary N) is 1. The summed E-state index contributed by atoms with van der Waals surface area (Å²) in [5, 5.41) is 2.87. The lowest BCUT2D eigenvalue weighted by Crippen LogP contribution is -2.33. The monoisotopic (exact) mass is 229 g/mol. The molecule has 94 valence electrons. The number of ether oxygens (including phenoxy) is 1. The molecule has 0 rings (SSSR count). The van der Waals surface area contributed by atoms with Gasteiger partial charge in [0.1, 0.15) is 0 Å². The van der Waals surface area contributed by atoms with Gasteiger partial charge in [-0.15, -0.1) is 0 Å². The molecule has 0 atom stereocenters. The Kier molecular flexibility index (Phi) is 8.29. The van der Waals surface area contributed by atoms with Crippen molar-refractivity contribution in [2.24, 2.45) is 10.7 Å². The molecule has 0 aliphatic heterocycles. The van der Waals surface area contributed by atoms with Crippen molar-refractivity contribution in [3.63, 3.8) is 0 Å². The van der Waals surface area contributed by atoms with E-state index in [2.05, 4.69) is 17.2 Å². The van der Waals surface area contributed by atoms with Gasteiger partial charge in [-0.2, -0.15) is 0 Å². The van der Waals surface area contributed by atoms with Crippen LogP contribution in [0.5, 0.6) is 0 Å². The van der Waals surface area contributed by atoms with Crippen molar-refractivity contribution in [1.29, 1.82) is 0 Å². The quantitative estimate of drug-likeness (QED) is 0.296. The van der Waals surface area contributed by atoms with Crippen molar-refractivity contribution >= 4 is 11.9 Å². The summed E-state index contributed by atoms with van der Waals surface area (Å²) in [5.41, 5.74) is 5.59. The van der Waals surface area contributed by atoms with E-state index in [-0.39, 0.29) is 12.1 Å². The molecule has 5 nitrogen and oxygen atoms in total. The van der Waals surface area contributed by atoms with Crippen LogP contribution in [0.2, 0.25) is 0 Å². The molecule has 16 heavy (non-hydrogen) atoms. The molecule has 0 aromatic carbocycles. The predicted molar refractivity (Wildman–Crippen MR) is 65.2 cm³/mol. The maximum atomic E-state index is 11.2. The maximum absolute atomic E-state index is 11.2. The van der Waals surface area contributed by atoms with Crippen molar-refractivity contribution in [2.45, 2.75) is 46.1 Å². The zero-order valence-corrected chi connectivity index (χ0v) is 10.5. The lowest BCUT2D eigenvalue weighted by molar-refractivity contribution is -0.147. The second-order valence-electron chi connectivity index (χ2n) is 3.84. The fraction of sp³-hybridized carbons (Fsp3) is 0.818. The van der Waals surface area contributed by atoms with Crippen LogP contribution in [-0.4, -0.2) is 31.1 Å². The van der Waals surface area contributed by atoms with Gasteiger partial charge in [0.15, 0.2) is 5.96 Å². The van der Waals surface area contributed by atoms with E-state index in [1.807, 2.05) is 13.8 Å². The van der Waals surface area contributed by atoms with Crippen LogP contribution in [0.4, 0.5) is 0 Å². The molecule has 0 saturated heterocycles. The number of hydrogen-bond donors (Lipinski definition) is 2. The van der Waals surface area contributed by atoms with Gasteiger partial charge in [0.25, 0.3) is 0 Å². The third-order valence-corrected chi connectivity index (χ3v) is 1.80. The van der Waals surface area contributed by atoms with Gasteiger partial charge in [-0.05, 0) is 20.3 Å². The van der Waals surface area contributed by atoms with Gasteiger partial charge < -0.3 is 15.8 Å². The molecule has 0 spiro atoms. The van der Waals surface area contributed by atoms with Crippen LogP contribution in [-0.2, 0) is 9.53 Å². The highest BCUT2D eigenvalue weighted by Gasteiger charge is 2.04. The smallest absolute Gasteiger partial charge is 0.307 e. The molecule has 0 radical (unpaired) electrons. The fourth-order valence-electron chi connectivity index (χ4n) is 1.03. The largest absolute Gasteiger partial charge is 0.463 e. The number of hydrogen-bond acceptors (Lipinski definition) is 3. The number of nitrogens with zero attached hydrogens (tertiary/aromatic N) is 1. The van der Waals surface area contributed by atoms with E-state index in [4.69, 9.17) is 10.5 Å². The molecule has 0 fully saturated rings. The Morgan fingerprint density at radius 3 is 2.75 bits per heavy atom. The van der Waals surface area contributed by atoms with Crippen LogP contribution in [0.15, 0.2) is 4.99 Å². The molecular formula is C11H23N3O2. The molecule has 3 N–H and O–H groups in total. The lowest BCUT2D eigenvalue weighted by atomic mass is 10.3. The van der Waals surface area contributed by atoms with Crippen LogP contribution < -0.4 is 11.1 Å². The highest BCUT2D eigenvalue weighted by molar-refractivity contribution is 5.78. The van der Waals surface area contributed by atoms with E-state index in [1.165, 1.54) is 0 Å². The Labute approximate surface area is 97.4 Å². The molecule has 0 saturated carbocycles. The van der Waals surface area contributed by atoms with Crippen LogP contribution >= 0.6 is 0 Å². The molecule has 0 aromatic heterocycles. The first-order valence-electron chi connectivity index (χ1n) is 5.79. The summed E-state index contributed by atoms with van der Waals surface area (Å²) < 4.78 is 4.97. The van der Waals surface area contributed by atoms with E-state index < -0.39 is 0 Å². The van der Waals surface area contributed by atoms with Crippen LogP contribution in [0, 0.1) is 0 Å². The van der Waals surface area contributed by atoms with E-state index in [0.29, 0.717) is 18.9 Å². The van der Waals surface area contributed by atoms with Crippen LogP contribution in [0.1, 0.15) is 40.0 Å². The highest BCUT2D eigenvalue weighted by atomic mass is 16.5. The van der Waals surface area contributed by atoms with E-state index in [9.17, 15) is 4.79 Å². The highest BCUT2D eigenvalue weighted by Crippen LogP contribution is 1.92. The minimum atomic E-state index is -0.219. The molecule has 0 unspecified atom stereocenters. The van der Waals surface area contributed by atoms with Gasteiger partial charge in [-0.25, -0.2) is 0 Å². The summed E-state index contributed by atoms with van der Waals surface area (Å²) in [4.78, 5) is 15.3. The van der Waals surface area contributed by atoms with Gasteiger partial charge in [0.2, 0.25) is 0 Å². The summed E-state index contributed by atoms with van der Waals surface area (Å²) in [5.74, 6) is 0.176. The normalized spacial score (nSPS) is 11.6. The summed E-state index contributed by atoms with van der Waals surface area (Å²) in [7, 11) is 0. The topological polar surface area (TPSA) is 76.7 Å². The molecule has 5 heteroatoms. The zero-order chi connectivity index (χ0) is 12.4. The standard InChI is InChI=1S/C11H23N3O2/c1-4-5-7-13-11(12)14-8-6-10(15)16-9(2)3/h9H,4-8H2,1-3H3,(H3,12,13,14). The van der Waals surface area contributed by atoms with Crippen molar-refractivity contribution in [2.75, 3.05) is 13.1 Å². The third-order valence-electron chi connectivity index (χ3n) is 1.80. The van der Waals surface area contributed by atoms with Crippen molar-refractivity contribution < 1.29 is 9.53 Å². The second kappa shape index (κ2) is 9.00. The lowest BCUT2D eigenvalue weighted by Gasteiger charge is -2.08. The predicted octanol–water partition coefficient (Wildman–Crippen LogP) is 1.03. The Hall–Kier alpha value is -1.26. The summed E-state index contributed by atoms with van der Waals surface area (Å²) >= 11 is 0. The van der Waals surface area contributed by atoms with Crippen LogP contribution in [0.25, 0.3) is 0 Å². The zero-order valence-electron chi connectivity index (χ0n) is 10.5. The first-order chi connectivity index (χ1) is 7.56. The molecular weight excluding hydrogens is 206 g/mol. The molecule has 0 bridgehead atoms. The number of aliphatic imine (C=N–C) groups is 1. The number of esters is 1. The Balaban J connectivity index is 3.57. The average molecular weight is 229 g/mol. The molecule has 0 aliphatic rings. The SMILES string of the molecule is CCCCN=C(N)NCCC(=O)OC(C)C. The molecule has 0 heterocycles. The fourth-order valence-corrected chi connectivity index (χ4v) is 1.03. The van der Waals surface area contributed by atoms with E-state index >= 15 is 0 Å². The van der Waals surface area contributed by atoms with Gasteiger partial charge in [-0.3, -0.25) is 9.79 Å². The Morgan fingerprint density at radius 1 is 1.50 bits per heavy atom. The number of carbonyl (C=O) groups is 1. The van der Waals surface area contributed by atoms with Gasteiger partial charge in [-0.1, -0.05) is 13.3 Å². The second-order valence-corrected chi connectivity index (χ2v) is 3.84. The van der Waals surface area contributed by atoms with Crippen molar-refractivity contribution in [1.82, 2.24) is 5.32 Å². The summed E-state index contributed by atoms with van der Waals surface area (Å²) in [6.45, 7) is 6.94. The summed E-state index contributed by atoms with van der Waals surface area (Å²) in [6, 6.07) is 0. The van der Waals surface area contributed by atoms with Crippen LogP contribution in [0.3, 0.4) is 0 Å². The van der Waals surface area contributed by atoms with Gasteiger partial charge in [0.05, 0.1) is 12.5 Å². The molecule has 0 aromatic rings. The van der Waals surface area contributed by atoms with Crippen molar-refractivity contribution in [3.05, 3.63) is 0 Å². The number of unbranched alkanes of at least 4 members (excludes halogenated alkanes) is 1. The summed E-state index contributed by atoms with van der Waals surface area (Å²) in [6.07, 6.45) is 2.36. The molecule has 0 aliphatic carbocycles. The van der Waals surface area contributed by atoms with Gasteiger partial charge >= 0.3 is 5.97 Å². The number of rotatable bonds is 7. The average Bonchev–Trinajstić information content (AvgIpc) is 2.17. The van der Waals surface area contributed by atoms with E-state index in [1.54, 1.807) is 0 Å². The Bertz CT molecular complexity index is 227. The maximum Gasteiger partial charge on any atom is 0.307 e. The van der Waals surface area contributed by atoms with E-state index in [0.717, 1.165) is 19.4 Å². The van der Waals surface area contributed by atoms with Gasteiger partial charge in [0, 0.05) is 13.1 Å². The third kappa shape index (κ3) is 9.30. The number of guanidine groups is 1. The first kappa shape index (κ1) is 14.7. The minimum Gasteiger partial charge on any atom is -0.463 e. The van der Waals surface area contributed by atoms with Crippen molar-refractivity contribution in [3.8, 4) is 0 Å².